The van der Waals surface area contributed by atoms with Crippen LogP contribution in [0.1, 0.15) is 29.7 Å². The van der Waals surface area contributed by atoms with E-state index in [0.717, 1.165) is 11.1 Å². The van der Waals surface area contributed by atoms with Gasteiger partial charge in [0, 0.05) is 11.6 Å². The molecular formula is C10H14FN. The molecule has 2 heteroatoms. The Bertz CT molecular complexity index is 269. The van der Waals surface area contributed by atoms with E-state index in [4.69, 9.17) is 5.73 Å². The summed E-state index contributed by atoms with van der Waals surface area (Å²) in [5, 5.41) is 0. The largest absolute Gasteiger partial charge is 0.324 e. The number of aryl methyl sites for hydroxylation is 2. The molecule has 66 valence electrons. The Morgan fingerprint density at radius 1 is 1.33 bits per heavy atom. The Labute approximate surface area is 72.4 Å². The molecule has 1 atom stereocenters. The molecule has 0 saturated carbocycles. The maximum atomic E-state index is 13.3. The first-order chi connectivity index (χ1) is 5.52. The van der Waals surface area contributed by atoms with Gasteiger partial charge in [0.25, 0.3) is 0 Å². The van der Waals surface area contributed by atoms with Crippen molar-refractivity contribution in [3.63, 3.8) is 0 Å². The lowest BCUT2D eigenvalue weighted by Gasteiger charge is -2.11. The summed E-state index contributed by atoms with van der Waals surface area (Å²) in [7, 11) is 0. The van der Waals surface area contributed by atoms with Crippen LogP contribution in [0.5, 0.6) is 0 Å². The summed E-state index contributed by atoms with van der Waals surface area (Å²) in [4.78, 5) is 0. The van der Waals surface area contributed by atoms with Crippen LogP contribution in [-0.2, 0) is 0 Å². The Morgan fingerprint density at radius 2 is 1.92 bits per heavy atom. The van der Waals surface area contributed by atoms with Gasteiger partial charge < -0.3 is 5.73 Å². The van der Waals surface area contributed by atoms with Crippen LogP contribution in [0.3, 0.4) is 0 Å². The lowest BCUT2D eigenvalue weighted by Crippen LogP contribution is -2.09. The van der Waals surface area contributed by atoms with Gasteiger partial charge in [-0.3, -0.25) is 0 Å². The fourth-order valence-electron chi connectivity index (χ4n) is 1.50. The van der Waals surface area contributed by atoms with Gasteiger partial charge in [0.1, 0.15) is 5.82 Å². The third kappa shape index (κ3) is 1.64. The first-order valence-electron chi connectivity index (χ1n) is 4.04. The molecule has 1 nitrogen and oxygen atoms in total. The normalized spacial score (nSPS) is 13.1. The topological polar surface area (TPSA) is 26.0 Å². The standard InChI is InChI=1S/C10H14FN/c1-6-4-7(2)10(8(3)12)9(11)5-6/h4-5,8H,12H2,1-3H3. The van der Waals surface area contributed by atoms with Crippen molar-refractivity contribution < 1.29 is 4.39 Å². The summed E-state index contributed by atoms with van der Waals surface area (Å²) in [5.74, 6) is -0.192. The molecule has 1 aromatic carbocycles. The summed E-state index contributed by atoms with van der Waals surface area (Å²) < 4.78 is 13.3. The van der Waals surface area contributed by atoms with Gasteiger partial charge in [-0.25, -0.2) is 4.39 Å². The molecule has 1 rings (SSSR count). The number of rotatable bonds is 1. The molecule has 0 saturated heterocycles. The maximum Gasteiger partial charge on any atom is 0.128 e. The first-order valence-corrected chi connectivity index (χ1v) is 4.04. The molecule has 0 aromatic heterocycles. The van der Waals surface area contributed by atoms with Crippen LogP contribution in [0.2, 0.25) is 0 Å². The van der Waals surface area contributed by atoms with Gasteiger partial charge in [-0.15, -0.1) is 0 Å². The van der Waals surface area contributed by atoms with Gasteiger partial charge in [0.05, 0.1) is 0 Å². The van der Waals surface area contributed by atoms with Crippen molar-refractivity contribution in [2.75, 3.05) is 0 Å². The van der Waals surface area contributed by atoms with E-state index in [0.29, 0.717) is 5.56 Å². The SMILES string of the molecule is Cc1cc(C)c(C(C)N)c(F)c1. The lowest BCUT2D eigenvalue weighted by atomic mass is 10.0. The van der Waals surface area contributed by atoms with Crippen molar-refractivity contribution in [3.8, 4) is 0 Å². The molecule has 1 unspecified atom stereocenters. The highest BCUT2D eigenvalue weighted by Crippen LogP contribution is 2.20. The number of halogens is 1. The summed E-state index contributed by atoms with van der Waals surface area (Å²) in [5.41, 5.74) is 8.12. The molecular weight excluding hydrogens is 153 g/mol. The predicted molar refractivity (Wildman–Crippen MR) is 48.5 cm³/mol. The number of hydrogen-bond donors (Lipinski definition) is 1. The number of nitrogens with two attached hydrogens (primary N) is 1. The zero-order valence-corrected chi connectivity index (χ0v) is 7.69. The van der Waals surface area contributed by atoms with Crippen molar-refractivity contribution >= 4 is 0 Å². The molecule has 0 amide bonds. The quantitative estimate of drug-likeness (QED) is 0.683. The molecule has 0 aliphatic heterocycles. The van der Waals surface area contributed by atoms with Crippen molar-refractivity contribution in [2.45, 2.75) is 26.8 Å². The highest BCUT2D eigenvalue weighted by Gasteiger charge is 2.09. The van der Waals surface area contributed by atoms with Crippen LogP contribution in [-0.4, -0.2) is 0 Å². The van der Waals surface area contributed by atoms with E-state index in [-0.39, 0.29) is 11.9 Å². The van der Waals surface area contributed by atoms with E-state index in [1.165, 1.54) is 6.07 Å². The van der Waals surface area contributed by atoms with Gasteiger partial charge in [-0.2, -0.15) is 0 Å². The molecule has 12 heavy (non-hydrogen) atoms. The second-order valence-corrected chi connectivity index (χ2v) is 3.27. The highest BCUT2D eigenvalue weighted by atomic mass is 19.1. The Morgan fingerprint density at radius 3 is 2.33 bits per heavy atom. The molecule has 0 heterocycles. The fraction of sp³-hybridized carbons (Fsp3) is 0.400. The Kier molecular flexibility index (Phi) is 2.48. The Balaban J connectivity index is 3.28. The number of benzene rings is 1. The summed E-state index contributed by atoms with van der Waals surface area (Å²) in [6, 6.07) is 3.23. The van der Waals surface area contributed by atoms with Crippen molar-refractivity contribution in [1.29, 1.82) is 0 Å². The molecule has 0 fully saturated rings. The molecule has 0 bridgehead atoms. The van der Waals surface area contributed by atoms with Gasteiger partial charge in [0.2, 0.25) is 0 Å². The summed E-state index contributed by atoms with van der Waals surface area (Å²) >= 11 is 0. The van der Waals surface area contributed by atoms with Crippen LogP contribution < -0.4 is 5.73 Å². The number of hydrogen-bond acceptors (Lipinski definition) is 1. The molecule has 0 spiro atoms. The van der Waals surface area contributed by atoms with E-state index in [1.807, 2.05) is 19.9 Å². The third-order valence-corrected chi connectivity index (χ3v) is 1.94. The van der Waals surface area contributed by atoms with Gasteiger partial charge in [-0.1, -0.05) is 6.07 Å². The molecule has 1 aromatic rings. The lowest BCUT2D eigenvalue weighted by molar-refractivity contribution is 0.590. The van der Waals surface area contributed by atoms with Gasteiger partial charge in [0.15, 0.2) is 0 Å². The minimum absolute atomic E-state index is 0.192. The first kappa shape index (κ1) is 9.20. The maximum absolute atomic E-state index is 13.3. The molecule has 0 aliphatic carbocycles. The minimum Gasteiger partial charge on any atom is -0.324 e. The average Bonchev–Trinajstić information content (AvgIpc) is 1.82. The van der Waals surface area contributed by atoms with E-state index in [9.17, 15) is 4.39 Å². The highest BCUT2D eigenvalue weighted by molar-refractivity contribution is 5.33. The van der Waals surface area contributed by atoms with E-state index in [2.05, 4.69) is 0 Å². The Hall–Kier alpha value is -0.890. The minimum atomic E-state index is -0.231. The smallest absolute Gasteiger partial charge is 0.128 e. The zero-order chi connectivity index (χ0) is 9.30. The van der Waals surface area contributed by atoms with Gasteiger partial charge in [-0.05, 0) is 38.0 Å². The zero-order valence-electron chi connectivity index (χ0n) is 7.69. The van der Waals surface area contributed by atoms with Crippen LogP contribution in [0.15, 0.2) is 12.1 Å². The van der Waals surface area contributed by atoms with Crippen LogP contribution >= 0.6 is 0 Å². The third-order valence-electron chi connectivity index (χ3n) is 1.94. The molecule has 2 N–H and O–H groups in total. The second-order valence-electron chi connectivity index (χ2n) is 3.27. The predicted octanol–water partition coefficient (Wildman–Crippen LogP) is 2.46. The van der Waals surface area contributed by atoms with E-state index in [1.54, 1.807) is 6.92 Å². The van der Waals surface area contributed by atoms with Crippen LogP contribution in [0, 0.1) is 19.7 Å². The van der Waals surface area contributed by atoms with Crippen molar-refractivity contribution in [2.24, 2.45) is 5.73 Å². The van der Waals surface area contributed by atoms with Crippen LogP contribution in [0.25, 0.3) is 0 Å². The molecule has 0 radical (unpaired) electrons. The fourth-order valence-corrected chi connectivity index (χ4v) is 1.50. The van der Waals surface area contributed by atoms with E-state index < -0.39 is 0 Å². The van der Waals surface area contributed by atoms with Crippen LogP contribution in [0.4, 0.5) is 4.39 Å². The van der Waals surface area contributed by atoms with E-state index >= 15 is 0 Å². The second kappa shape index (κ2) is 3.23. The average molecular weight is 167 g/mol. The van der Waals surface area contributed by atoms with Gasteiger partial charge >= 0.3 is 0 Å². The molecule has 0 aliphatic rings. The summed E-state index contributed by atoms with van der Waals surface area (Å²) in [6.07, 6.45) is 0. The van der Waals surface area contributed by atoms with Crippen molar-refractivity contribution in [3.05, 3.63) is 34.6 Å². The summed E-state index contributed by atoms with van der Waals surface area (Å²) in [6.45, 7) is 5.55. The van der Waals surface area contributed by atoms with Crippen molar-refractivity contribution in [1.82, 2.24) is 0 Å². The monoisotopic (exact) mass is 167 g/mol.